The lowest BCUT2D eigenvalue weighted by atomic mass is 10.1. The van der Waals surface area contributed by atoms with E-state index < -0.39 is 11.8 Å². The summed E-state index contributed by atoms with van der Waals surface area (Å²) in [7, 11) is 3.84. The lowest BCUT2D eigenvalue weighted by Gasteiger charge is -2.28. The predicted molar refractivity (Wildman–Crippen MR) is 111 cm³/mol. The van der Waals surface area contributed by atoms with Crippen LogP contribution in [0.4, 0.5) is 22.7 Å². The number of hydrogen-bond donors (Lipinski definition) is 2. The van der Waals surface area contributed by atoms with Gasteiger partial charge in [-0.2, -0.15) is 0 Å². The second-order valence-electron chi connectivity index (χ2n) is 6.95. The molecule has 2 N–H and O–H groups in total. The minimum Gasteiger partial charge on any atom is -0.378 e. The molecule has 1 aliphatic rings. The fourth-order valence-electron chi connectivity index (χ4n) is 3.15. The molecule has 27 heavy (non-hydrogen) atoms. The van der Waals surface area contributed by atoms with Crippen molar-refractivity contribution in [3.8, 4) is 0 Å². The summed E-state index contributed by atoms with van der Waals surface area (Å²) in [5.41, 5.74) is 3.29. The molecule has 2 aromatic carbocycles. The van der Waals surface area contributed by atoms with E-state index in [4.69, 9.17) is 0 Å². The number of rotatable bonds is 4. The van der Waals surface area contributed by atoms with Crippen molar-refractivity contribution in [1.82, 2.24) is 0 Å². The summed E-state index contributed by atoms with van der Waals surface area (Å²) in [5.74, 6) is -1.37. The van der Waals surface area contributed by atoms with Crippen LogP contribution in [-0.2, 0) is 9.59 Å². The summed E-state index contributed by atoms with van der Waals surface area (Å²) in [5, 5.41) is 5.28. The quantitative estimate of drug-likeness (QED) is 0.815. The number of nitrogens with zero attached hydrogens (tertiary/aromatic N) is 2. The molecule has 0 spiro atoms. The number of carbonyl (C=O) groups is 2. The average Bonchev–Trinajstić information content (AvgIpc) is 2.69. The van der Waals surface area contributed by atoms with Crippen LogP contribution in [-0.4, -0.2) is 39.0 Å². The Morgan fingerprint density at radius 2 is 1.48 bits per heavy atom. The fraction of sp³-hybridized carbons (Fsp3) is 0.333. The highest BCUT2D eigenvalue weighted by Gasteiger charge is 2.15. The first-order valence-electron chi connectivity index (χ1n) is 9.28. The lowest BCUT2D eigenvalue weighted by molar-refractivity contribution is -0.132. The van der Waals surface area contributed by atoms with Gasteiger partial charge in [-0.25, -0.2) is 0 Å². The summed E-state index contributed by atoms with van der Waals surface area (Å²) >= 11 is 0. The maximum atomic E-state index is 12.2. The van der Waals surface area contributed by atoms with E-state index in [0.717, 1.165) is 24.5 Å². The molecule has 0 unspecified atom stereocenters. The molecule has 0 aliphatic carbocycles. The van der Waals surface area contributed by atoms with E-state index in [0.29, 0.717) is 11.4 Å². The highest BCUT2D eigenvalue weighted by atomic mass is 16.2. The zero-order valence-electron chi connectivity index (χ0n) is 15.9. The van der Waals surface area contributed by atoms with Gasteiger partial charge in [0.1, 0.15) is 0 Å². The van der Waals surface area contributed by atoms with E-state index >= 15 is 0 Å². The Bertz CT molecular complexity index is 796. The first-order valence-corrected chi connectivity index (χ1v) is 9.28. The highest BCUT2D eigenvalue weighted by molar-refractivity contribution is 6.43. The molecular weight excluding hydrogens is 340 g/mol. The number of benzene rings is 2. The highest BCUT2D eigenvalue weighted by Crippen LogP contribution is 2.22. The third-order valence-corrected chi connectivity index (χ3v) is 4.67. The summed E-state index contributed by atoms with van der Waals surface area (Å²) in [6.07, 6.45) is 3.72. The minimum absolute atomic E-state index is 0.585. The Hall–Kier alpha value is -3.02. The number of piperidine rings is 1. The molecule has 1 aliphatic heterocycles. The smallest absolute Gasteiger partial charge is 0.314 e. The third kappa shape index (κ3) is 5.00. The van der Waals surface area contributed by atoms with Crippen LogP contribution in [0.2, 0.25) is 0 Å². The minimum atomic E-state index is -0.689. The summed E-state index contributed by atoms with van der Waals surface area (Å²) in [6, 6.07) is 15.0. The van der Waals surface area contributed by atoms with Crippen molar-refractivity contribution in [3.63, 3.8) is 0 Å². The van der Waals surface area contributed by atoms with Crippen molar-refractivity contribution in [2.24, 2.45) is 0 Å². The van der Waals surface area contributed by atoms with E-state index in [1.54, 1.807) is 6.07 Å². The Morgan fingerprint density at radius 1 is 0.852 bits per heavy atom. The lowest BCUT2D eigenvalue weighted by Crippen LogP contribution is -2.30. The second kappa shape index (κ2) is 8.58. The molecule has 142 valence electrons. The van der Waals surface area contributed by atoms with Gasteiger partial charge in [-0.3, -0.25) is 9.59 Å². The molecule has 0 bridgehead atoms. The molecule has 3 rings (SSSR count). The van der Waals surface area contributed by atoms with E-state index in [1.807, 2.05) is 61.5 Å². The Labute approximate surface area is 160 Å². The first kappa shape index (κ1) is 18.8. The van der Waals surface area contributed by atoms with Crippen LogP contribution in [0.5, 0.6) is 0 Å². The molecule has 6 heteroatoms. The van der Waals surface area contributed by atoms with Gasteiger partial charge < -0.3 is 20.4 Å². The molecule has 0 atom stereocenters. The van der Waals surface area contributed by atoms with Gasteiger partial charge in [0.05, 0.1) is 0 Å². The standard InChI is InChI=1S/C21H26N4O2/c1-24(2)19-8-6-7-17(15-19)23-21(27)20(26)22-16-9-11-18(12-10-16)25-13-4-3-5-14-25/h6-12,15H,3-5,13-14H2,1-2H3,(H,22,26)(H,23,27). The molecule has 0 saturated carbocycles. The number of amides is 2. The van der Waals surface area contributed by atoms with Crippen LogP contribution in [0.1, 0.15) is 19.3 Å². The zero-order valence-corrected chi connectivity index (χ0v) is 15.9. The molecule has 1 heterocycles. The van der Waals surface area contributed by atoms with Gasteiger partial charge in [-0.1, -0.05) is 6.07 Å². The van der Waals surface area contributed by atoms with Gasteiger partial charge in [0.2, 0.25) is 0 Å². The Balaban J connectivity index is 1.57. The monoisotopic (exact) mass is 366 g/mol. The average molecular weight is 366 g/mol. The zero-order chi connectivity index (χ0) is 19.2. The Morgan fingerprint density at radius 3 is 2.11 bits per heavy atom. The van der Waals surface area contributed by atoms with Crippen LogP contribution in [0.25, 0.3) is 0 Å². The number of carbonyl (C=O) groups excluding carboxylic acids is 2. The van der Waals surface area contributed by atoms with Crippen molar-refractivity contribution >= 4 is 34.6 Å². The molecule has 0 radical (unpaired) electrons. The maximum Gasteiger partial charge on any atom is 0.314 e. The molecule has 2 amide bonds. The van der Waals surface area contributed by atoms with Gasteiger partial charge in [0, 0.05) is 49.9 Å². The molecule has 0 aromatic heterocycles. The summed E-state index contributed by atoms with van der Waals surface area (Å²) < 4.78 is 0. The molecule has 6 nitrogen and oxygen atoms in total. The largest absolute Gasteiger partial charge is 0.378 e. The van der Waals surface area contributed by atoms with Crippen molar-refractivity contribution < 1.29 is 9.59 Å². The molecular formula is C21H26N4O2. The van der Waals surface area contributed by atoms with Crippen LogP contribution >= 0.6 is 0 Å². The SMILES string of the molecule is CN(C)c1cccc(NC(=O)C(=O)Nc2ccc(N3CCCCC3)cc2)c1. The predicted octanol–water partition coefficient (Wildman–Crippen LogP) is 3.32. The van der Waals surface area contributed by atoms with Gasteiger partial charge in [0.25, 0.3) is 0 Å². The number of anilines is 4. The van der Waals surface area contributed by atoms with Crippen molar-refractivity contribution in [2.45, 2.75) is 19.3 Å². The second-order valence-corrected chi connectivity index (χ2v) is 6.95. The maximum absolute atomic E-state index is 12.2. The number of hydrogen-bond acceptors (Lipinski definition) is 4. The van der Waals surface area contributed by atoms with Crippen molar-refractivity contribution in [3.05, 3.63) is 48.5 Å². The van der Waals surface area contributed by atoms with Crippen molar-refractivity contribution in [2.75, 3.05) is 47.6 Å². The van der Waals surface area contributed by atoms with E-state index in [1.165, 1.54) is 19.3 Å². The van der Waals surface area contributed by atoms with Gasteiger partial charge in [-0.15, -0.1) is 0 Å². The van der Waals surface area contributed by atoms with Crippen molar-refractivity contribution in [1.29, 1.82) is 0 Å². The van der Waals surface area contributed by atoms with Gasteiger partial charge in [0.15, 0.2) is 0 Å². The fourth-order valence-corrected chi connectivity index (χ4v) is 3.15. The topological polar surface area (TPSA) is 64.7 Å². The third-order valence-electron chi connectivity index (χ3n) is 4.67. The summed E-state index contributed by atoms with van der Waals surface area (Å²) in [6.45, 7) is 2.14. The van der Waals surface area contributed by atoms with Gasteiger partial charge >= 0.3 is 11.8 Å². The Kier molecular flexibility index (Phi) is 5.96. The molecule has 2 aromatic rings. The van der Waals surface area contributed by atoms with Crippen LogP contribution in [0.15, 0.2) is 48.5 Å². The molecule has 1 fully saturated rings. The summed E-state index contributed by atoms with van der Waals surface area (Å²) in [4.78, 5) is 28.6. The van der Waals surface area contributed by atoms with Crippen LogP contribution in [0.3, 0.4) is 0 Å². The first-order chi connectivity index (χ1) is 13.0. The van der Waals surface area contributed by atoms with Crippen LogP contribution < -0.4 is 20.4 Å². The molecule has 1 saturated heterocycles. The van der Waals surface area contributed by atoms with E-state index in [-0.39, 0.29) is 0 Å². The van der Waals surface area contributed by atoms with Crippen LogP contribution in [0, 0.1) is 0 Å². The number of nitrogens with one attached hydrogen (secondary N) is 2. The van der Waals surface area contributed by atoms with Gasteiger partial charge in [-0.05, 0) is 61.7 Å². The van der Waals surface area contributed by atoms with E-state index in [2.05, 4.69) is 15.5 Å². The normalized spacial score (nSPS) is 13.8. The van der Waals surface area contributed by atoms with E-state index in [9.17, 15) is 9.59 Å².